The molecule has 20 heavy (non-hydrogen) atoms. The van der Waals surface area contributed by atoms with Gasteiger partial charge in [0.2, 0.25) is 5.88 Å². The number of hydrogen-bond donors (Lipinski definition) is 0. The van der Waals surface area contributed by atoms with Gasteiger partial charge in [-0.1, -0.05) is 0 Å². The minimum Gasteiger partial charge on any atom is -0.480 e. The van der Waals surface area contributed by atoms with Gasteiger partial charge in [-0.15, -0.1) is 11.8 Å². The largest absolute Gasteiger partial charge is 0.480 e. The van der Waals surface area contributed by atoms with Crippen LogP contribution in [0.4, 0.5) is 0 Å². The summed E-state index contributed by atoms with van der Waals surface area (Å²) in [5, 5.41) is 0.945. The zero-order valence-electron chi connectivity index (χ0n) is 11.8. The van der Waals surface area contributed by atoms with E-state index in [9.17, 15) is 0 Å². The lowest BCUT2D eigenvalue weighted by atomic mass is 10.1. The van der Waals surface area contributed by atoms with E-state index < -0.39 is 0 Å². The molecule has 5 nitrogen and oxygen atoms in total. The maximum absolute atomic E-state index is 5.39. The number of nitrogens with zero attached hydrogens (tertiary/aromatic N) is 4. The van der Waals surface area contributed by atoms with Crippen LogP contribution in [-0.4, -0.2) is 33.3 Å². The average molecular weight is 288 g/mol. The van der Waals surface area contributed by atoms with Crippen LogP contribution >= 0.6 is 11.8 Å². The lowest BCUT2D eigenvalue weighted by Crippen LogP contribution is -2.03. The number of ether oxygens (including phenoxy) is 1. The molecule has 0 aliphatic heterocycles. The summed E-state index contributed by atoms with van der Waals surface area (Å²) in [4.78, 5) is 17.8. The second-order valence-electron chi connectivity index (χ2n) is 4.79. The molecule has 1 saturated carbocycles. The van der Waals surface area contributed by atoms with Crippen LogP contribution in [-0.2, 0) is 0 Å². The van der Waals surface area contributed by atoms with Crippen molar-refractivity contribution in [3.05, 3.63) is 23.8 Å². The predicted octanol–water partition coefficient (Wildman–Crippen LogP) is 2.85. The number of aryl methyl sites for hydroxylation is 1. The van der Waals surface area contributed by atoms with E-state index in [-0.39, 0.29) is 0 Å². The SMILES string of the molecule is COc1ncnc(C2CC2)c1-c1nc(C)cc(SC)n1. The van der Waals surface area contributed by atoms with Gasteiger partial charge in [0.05, 0.1) is 12.8 Å². The first-order valence-electron chi connectivity index (χ1n) is 6.52. The lowest BCUT2D eigenvalue weighted by Gasteiger charge is -2.11. The molecule has 0 spiro atoms. The smallest absolute Gasteiger partial charge is 0.227 e. The Morgan fingerprint density at radius 2 is 2.05 bits per heavy atom. The molecule has 0 N–H and O–H groups in total. The molecule has 104 valence electrons. The van der Waals surface area contributed by atoms with E-state index in [2.05, 4.69) is 19.9 Å². The average Bonchev–Trinajstić information content (AvgIpc) is 3.30. The molecule has 0 radical (unpaired) electrons. The second kappa shape index (κ2) is 5.36. The number of thioether (sulfide) groups is 1. The van der Waals surface area contributed by atoms with Gasteiger partial charge < -0.3 is 4.74 Å². The minimum absolute atomic E-state index is 0.490. The van der Waals surface area contributed by atoms with E-state index in [1.165, 1.54) is 0 Å². The summed E-state index contributed by atoms with van der Waals surface area (Å²) in [7, 11) is 1.62. The van der Waals surface area contributed by atoms with E-state index in [0.717, 1.165) is 34.8 Å². The molecule has 3 rings (SSSR count). The summed E-state index contributed by atoms with van der Waals surface area (Å²) in [5.74, 6) is 1.71. The molecule has 2 aromatic rings. The molecule has 1 aliphatic rings. The summed E-state index contributed by atoms with van der Waals surface area (Å²) >= 11 is 1.60. The predicted molar refractivity (Wildman–Crippen MR) is 78.1 cm³/mol. The van der Waals surface area contributed by atoms with E-state index in [1.807, 2.05) is 19.2 Å². The van der Waals surface area contributed by atoms with E-state index >= 15 is 0 Å². The van der Waals surface area contributed by atoms with Crippen molar-refractivity contribution in [1.82, 2.24) is 19.9 Å². The third kappa shape index (κ3) is 2.47. The molecule has 0 saturated heterocycles. The lowest BCUT2D eigenvalue weighted by molar-refractivity contribution is 0.397. The molecule has 0 bridgehead atoms. The summed E-state index contributed by atoms with van der Waals surface area (Å²) in [6.45, 7) is 1.97. The first-order valence-corrected chi connectivity index (χ1v) is 7.74. The van der Waals surface area contributed by atoms with Crippen molar-refractivity contribution in [1.29, 1.82) is 0 Å². The maximum Gasteiger partial charge on any atom is 0.227 e. The van der Waals surface area contributed by atoms with Crippen molar-refractivity contribution in [2.45, 2.75) is 30.7 Å². The molecule has 2 heterocycles. The Morgan fingerprint density at radius 3 is 2.70 bits per heavy atom. The summed E-state index contributed by atoms with van der Waals surface area (Å²) in [6.07, 6.45) is 5.89. The first-order chi connectivity index (χ1) is 9.72. The monoisotopic (exact) mass is 288 g/mol. The molecule has 1 aliphatic carbocycles. The second-order valence-corrected chi connectivity index (χ2v) is 5.62. The Hall–Kier alpha value is -1.69. The van der Waals surface area contributed by atoms with Crippen molar-refractivity contribution < 1.29 is 4.74 Å². The maximum atomic E-state index is 5.39. The summed E-state index contributed by atoms with van der Waals surface area (Å²) in [5.41, 5.74) is 2.79. The van der Waals surface area contributed by atoms with Crippen LogP contribution < -0.4 is 4.74 Å². The Balaban J connectivity index is 2.19. The molecule has 0 unspecified atom stereocenters. The number of aromatic nitrogens is 4. The highest BCUT2D eigenvalue weighted by Gasteiger charge is 2.31. The van der Waals surface area contributed by atoms with Crippen LogP contribution in [0.3, 0.4) is 0 Å². The summed E-state index contributed by atoms with van der Waals surface area (Å²) < 4.78 is 5.39. The first kappa shape index (κ1) is 13.3. The molecule has 0 amide bonds. The van der Waals surface area contributed by atoms with Crippen LogP contribution in [0.15, 0.2) is 17.4 Å². The van der Waals surface area contributed by atoms with Crippen LogP contribution in [0.25, 0.3) is 11.4 Å². The normalized spacial score (nSPS) is 14.3. The van der Waals surface area contributed by atoms with Gasteiger partial charge in [0, 0.05) is 11.6 Å². The van der Waals surface area contributed by atoms with Crippen molar-refractivity contribution >= 4 is 11.8 Å². The zero-order chi connectivity index (χ0) is 14.1. The minimum atomic E-state index is 0.490. The Morgan fingerprint density at radius 1 is 1.25 bits per heavy atom. The van der Waals surface area contributed by atoms with E-state index in [1.54, 1.807) is 25.2 Å². The number of methoxy groups -OCH3 is 1. The Kier molecular flexibility index (Phi) is 3.56. The van der Waals surface area contributed by atoms with Crippen LogP contribution in [0.2, 0.25) is 0 Å². The van der Waals surface area contributed by atoms with Crippen molar-refractivity contribution in [3.8, 4) is 17.3 Å². The standard InChI is InChI=1S/C14H16N4OS/c1-8-6-10(20-3)18-13(17-8)11-12(9-4-5-9)15-7-16-14(11)19-2/h6-7,9H,4-5H2,1-3H3. The van der Waals surface area contributed by atoms with Crippen LogP contribution in [0, 0.1) is 6.92 Å². The number of hydrogen-bond acceptors (Lipinski definition) is 6. The third-order valence-electron chi connectivity index (χ3n) is 3.26. The highest BCUT2D eigenvalue weighted by Crippen LogP contribution is 2.44. The van der Waals surface area contributed by atoms with Gasteiger partial charge >= 0.3 is 0 Å². The molecule has 0 aromatic carbocycles. The Bertz CT molecular complexity index is 643. The highest BCUT2D eigenvalue weighted by atomic mass is 32.2. The van der Waals surface area contributed by atoms with Crippen molar-refractivity contribution in [2.75, 3.05) is 13.4 Å². The van der Waals surface area contributed by atoms with Gasteiger partial charge in [0.15, 0.2) is 5.82 Å². The number of rotatable bonds is 4. The molecular formula is C14H16N4OS. The van der Waals surface area contributed by atoms with Crippen LogP contribution in [0.1, 0.15) is 30.1 Å². The quantitative estimate of drug-likeness (QED) is 0.637. The van der Waals surface area contributed by atoms with Gasteiger partial charge in [-0.05, 0) is 32.1 Å². The van der Waals surface area contributed by atoms with Crippen molar-refractivity contribution in [3.63, 3.8) is 0 Å². The van der Waals surface area contributed by atoms with Gasteiger partial charge in [-0.2, -0.15) is 0 Å². The molecule has 1 fully saturated rings. The fourth-order valence-electron chi connectivity index (χ4n) is 2.17. The molecular weight excluding hydrogens is 272 g/mol. The molecule has 0 atom stereocenters. The summed E-state index contributed by atoms with van der Waals surface area (Å²) in [6, 6.07) is 1.97. The van der Waals surface area contributed by atoms with Gasteiger partial charge in [-0.3, -0.25) is 0 Å². The van der Waals surface area contributed by atoms with E-state index in [4.69, 9.17) is 4.74 Å². The third-order valence-corrected chi connectivity index (χ3v) is 3.89. The van der Waals surface area contributed by atoms with Gasteiger partial charge in [0.1, 0.15) is 16.9 Å². The van der Waals surface area contributed by atoms with Gasteiger partial charge in [-0.25, -0.2) is 19.9 Å². The molecule has 6 heteroatoms. The molecule has 2 aromatic heterocycles. The topological polar surface area (TPSA) is 60.8 Å². The van der Waals surface area contributed by atoms with Crippen molar-refractivity contribution in [2.24, 2.45) is 0 Å². The van der Waals surface area contributed by atoms with E-state index in [0.29, 0.717) is 17.6 Å². The highest BCUT2D eigenvalue weighted by molar-refractivity contribution is 7.98. The Labute approximate surface area is 122 Å². The fraction of sp³-hybridized carbons (Fsp3) is 0.429. The van der Waals surface area contributed by atoms with Crippen LogP contribution in [0.5, 0.6) is 5.88 Å². The zero-order valence-corrected chi connectivity index (χ0v) is 12.6. The van der Waals surface area contributed by atoms with Gasteiger partial charge in [0.25, 0.3) is 0 Å². The fourth-order valence-corrected chi connectivity index (χ4v) is 2.64.